The molecule has 0 amide bonds. The highest BCUT2D eigenvalue weighted by molar-refractivity contribution is 9.13. The lowest BCUT2D eigenvalue weighted by Crippen LogP contribution is -1.98. The van der Waals surface area contributed by atoms with Crippen molar-refractivity contribution in [3.8, 4) is 0 Å². The van der Waals surface area contributed by atoms with Gasteiger partial charge in [0.1, 0.15) is 0 Å². The smallest absolute Gasteiger partial charge is 0.203 e. The van der Waals surface area contributed by atoms with Crippen LogP contribution < -0.4 is 0 Å². The van der Waals surface area contributed by atoms with E-state index in [1.54, 1.807) is 0 Å². The van der Waals surface area contributed by atoms with Gasteiger partial charge in [-0.05, 0) is 56.5 Å². The lowest BCUT2D eigenvalue weighted by atomic mass is 10.1. The van der Waals surface area contributed by atoms with Crippen LogP contribution in [0.15, 0.2) is 37.0 Å². The topological polar surface area (TPSA) is 17.1 Å². The summed E-state index contributed by atoms with van der Waals surface area (Å²) in [5.74, 6) is 0.0436. The fourth-order valence-electron chi connectivity index (χ4n) is 1.33. The lowest BCUT2D eigenvalue weighted by Gasteiger charge is -2.01. The number of ketones is 1. The molecule has 1 heterocycles. The van der Waals surface area contributed by atoms with Gasteiger partial charge in [-0.15, -0.1) is 11.3 Å². The maximum atomic E-state index is 12.2. The molecule has 0 aliphatic carbocycles. The number of thiophene rings is 1. The zero-order chi connectivity index (χ0) is 12.6. The van der Waals surface area contributed by atoms with Crippen LogP contribution in [0.2, 0.25) is 0 Å². The molecule has 88 valence electrons. The second-order valence-corrected chi connectivity index (χ2v) is 7.60. The van der Waals surface area contributed by atoms with Crippen molar-refractivity contribution in [3.05, 3.63) is 53.0 Å². The van der Waals surface area contributed by atoms with Crippen LogP contribution in [-0.2, 0) is 0 Å². The van der Waals surface area contributed by atoms with Crippen molar-refractivity contribution < 1.29 is 4.79 Å². The van der Waals surface area contributed by atoms with Gasteiger partial charge in [0.2, 0.25) is 5.78 Å². The van der Waals surface area contributed by atoms with E-state index in [0.717, 1.165) is 23.2 Å². The first-order valence-corrected chi connectivity index (χ1v) is 7.94. The zero-order valence-corrected chi connectivity index (χ0v) is 14.3. The van der Waals surface area contributed by atoms with E-state index in [0.29, 0.717) is 5.56 Å². The highest BCUT2D eigenvalue weighted by Gasteiger charge is 2.14. The number of hydrogen-bond donors (Lipinski definition) is 0. The first kappa shape index (κ1) is 13.5. The van der Waals surface area contributed by atoms with Crippen LogP contribution in [0.5, 0.6) is 0 Å². The third-order valence-corrected chi connectivity index (χ3v) is 6.41. The second kappa shape index (κ2) is 5.34. The van der Waals surface area contributed by atoms with Crippen LogP contribution in [0.25, 0.3) is 0 Å². The standard InChI is InChI=1S/C12H7Br3OS/c1-6-2-3-7(4-8(6)13)11(16)10-5-9(14)12(15)17-10/h2-5H,1H3. The maximum Gasteiger partial charge on any atom is 0.203 e. The minimum absolute atomic E-state index is 0.0436. The predicted octanol–water partition coefficient (Wildman–Crippen LogP) is 5.58. The van der Waals surface area contributed by atoms with Gasteiger partial charge < -0.3 is 0 Å². The van der Waals surface area contributed by atoms with Crippen molar-refractivity contribution in [3.63, 3.8) is 0 Å². The second-order valence-electron chi connectivity index (χ2n) is 3.53. The van der Waals surface area contributed by atoms with Crippen molar-refractivity contribution in [1.82, 2.24) is 0 Å². The molecule has 0 spiro atoms. The molecule has 2 rings (SSSR count). The number of carbonyl (C=O) groups excluding carboxylic acids is 1. The molecular formula is C12H7Br3OS. The summed E-state index contributed by atoms with van der Waals surface area (Å²) in [6.07, 6.45) is 0. The van der Waals surface area contributed by atoms with Crippen LogP contribution in [0.4, 0.5) is 0 Å². The molecule has 0 N–H and O–H groups in total. The number of carbonyl (C=O) groups is 1. The monoisotopic (exact) mass is 436 g/mol. The fraction of sp³-hybridized carbons (Fsp3) is 0.0833. The summed E-state index contributed by atoms with van der Waals surface area (Å²) in [5, 5.41) is 0. The molecule has 17 heavy (non-hydrogen) atoms. The Kier molecular flexibility index (Phi) is 4.23. The minimum atomic E-state index is 0.0436. The van der Waals surface area contributed by atoms with Crippen LogP contribution in [-0.4, -0.2) is 5.78 Å². The Hall–Kier alpha value is 0.0300. The number of benzene rings is 1. The Morgan fingerprint density at radius 2 is 1.82 bits per heavy atom. The molecule has 0 radical (unpaired) electrons. The fourth-order valence-corrected chi connectivity index (χ4v) is 3.71. The highest BCUT2D eigenvalue weighted by Crippen LogP contribution is 2.33. The van der Waals surface area contributed by atoms with Gasteiger partial charge in [-0.1, -0.05) is 28.1 Å². The summed E-state index contributed by atoms with van der Waals surface area (Å²) >= 11 is 11.6. The zero-order valence-electron chi connectivity index (χ0n) is 8.76. The van der Waals surface area contributed by atoms with E-state index in [1.165, 1.54) is 11.3 Å². The summed E-state index contributed by atoms with van der Waals surface area (Å²) in [4.78, 5) is 12.9. The van der Waals surface area contributed by atoms with E-state index in [1.807, 2.05) is 31.2 Å². The van der Waals surface area contributed by atoms with Crippen molar-refractivity contribution in [2.24, 2.45) is 0 Å². The molecule has 0 fully saturated rings. The van der Waals surface area contributed by atoms with Crippen molar-refractivity contribution in [2.75, 3.05) is 0 Å². The average Bonchev–Trinajstić information content (AvgIpc) is 2.62. The average molecular weight is 439 g/mol. The van der Waals surface area contributed by atoms with Gasteiger partial charge in [0.15, 0.2) is 0 Å². The van der Waals surface area contributed by atoms with Crippen LogP contribution in [0.3, 0.4) is 0 Å². The van der Waals surface area contributed by atoms with Crippen molar-refractivity contribution in [2.45, 2.75) is 6.92 Å². The van der Waals surface area contributed by atoms with Gasteiger partial charge >= 0.3 is 0 Å². The Morgan fingerprint density at radius 3 is 2.35 bits per heavy atom. The summed E-state index contributed by atoms with van der Waals surface area (Å²) in [7, 11) is 0. The summed E-state index contributed by atoms with van der Waals surface area (Å²) in [6.45, 7) is 2.00. The van der Waals surface area contributed by atoms with Gasteiger partial charge in [0.25, 0.3) is 0 Å². The highest BCUT2D eigenvalue weighted by atomic mass is 79.9. The van der Waals surface area contributed by atoms with E-state index in [-0.39, 0.29) is 5.78 Å². The summed E-state index contributed by atoms with van der Waals surface area (Å²) in [5.41, 5.74) is 1.82. The van der Waals surface area contributed by atoms with Crippen molar-refractivity contribution in [1.29, 1.82) is 0 Å². The van der Waals surface area contributed by atoms with Gasteiger partial charge in [-0.3, -0.25) is 4.79 Å². The predicted molar refractivity (Wildman–Crippen MR) is 82.0 cm³/mol. The normalized spacial score (nSPS) is 10.6. The first-order valence-electron chi connectivity index (χ1n) is 4.74. The molecular weight excluding hydrogens is 432 g/mol. The molecule has 0 saturated carbocycles. The summed E-state index contributed by atoms with van der Waals surface area (Å²) in [6, 6.07) is 7.49. The number of aryl methyl sites for hydroxylation is 1. The van der Waals surface area contributed by atoms with Gasteiger partial charge in [0.05, 0.1) is 8.66 Å². The molecule has 1 aromatic carbocycles. The summed E-state index contributed by atoms with van der Waals surface area (Å²) < 4.78 is 2.81. The number of hydrogen-bond acceptors (Lipinski definition) is 2. The molecule has 0 aliphatic heterocycles. The molecule has 0 atom stereocenters. The van der Waals surface area contributed by atoms with Gasteiger partial charge in [-0.25, -0.2) is 0 Å². The Bertz CT molecular complexity index is 570. The van der Waals surface area contributed by atoms with E-state index in [2.05, 4.69) is 47.8 Å². The minimum Gasteiger partial charge on any atom is -0.288 e. The molecule has 5 heteroatoms. The van der Waals surface area contributed by atoms with E-state index in [4.69, 9.17) is 0 Å². The van der Waals surface area contributed by atoms with E-state index < -0.39 is 0 Å². The molecule has 0 bridgehead atoms. The van der Waals surface area contributed by atoms with Crippen LogP contribution in [0.1, 0.15) is 20.8 Å². The first-order chi connectivity index (χ1) is 7.99. The van der Waals surface area contributed by atoms with Gasteiger partial charge in [0, 0.05) is 14.5 Å². The molecule has 0 unspecified atom stereocenters. The third kappa shape index (κ3) is 2.89. The third-order valence-electron chi connectivity index (χ3n) is 2.30. The van der Waals surface area contributed by atoms with Gasteiger partial charge in [-0.2, -0.15) is 0 Å². The largest absolute Gasteiger partial charge is 0.288 e. The number of rotatable bonds is 2. The maximum absolute atomic E-state index is 12.2. The molecule has 2 aromatic rings. The molecule has 1 aromatic heterocycles. The van der Waals surface area contributed by atoms with E-state index >= 15 is 0 Å². The Morgan fingerprint density at radius 1 is 1.12 bits per heavy atom. The SMILES string of the molecule is Cc1ccc(C(=O)c2cc(Br)c(Br)s2)cc1Br. The van der Waals surface area contributed by atoms with Crippen LogP contribution >= 0.6 is 59.1 Å². The Labute approximate surface area is 129 Å². The van der Waals surface area contributed by atoms with Crippen molar-refractivity contribution >= 4 is 64.9 Å². The molecule has 0 aliphatic rings. The molecule has 1 nitrogen and oxygen atoms in total. The van der Waals surface area contributed by atoms with E-state index in [9.17, 15) is 4.79 Å². The van der Waals surface area contributed by atoms with Crippen LogP contribution in [0, 0.1) is 6.92 Å². The Balaban J connectivity index is 2.40. The molecule has 0 saturated heterocycles. The lowest BCUT2D eigenvalue weighted by molar-refractivity contribution is 0.104. The number of halogens is 3. The quantitative estimate of drug-likeness (QED) is 0.560.